The lowest BCUT2D eigenvalue weighted by atomic mass is 9.96. The van der Waals surface area contributed by atoms with E-state index in [9.17, 15) is 0 Å². The van der Waals surface area contributed by atoms with Gasteiger partial charge in [-0.3, -0.25) is 0 Å². The molecule has 2 fully saturated rings. The highest BCUT2D eigenvalue weighted by atomic mass is 79.9. The molecule has 2 aliphatic carbocycles. The number of rotatable bonds is 5. The van der Waals surface area contributed by atoms with Crippen molar-refractivity contribution < 1.29 is 0 Å². The summed E-state index contributed by atoms with van der Waals surface area (Å²) in [5.41, 5.74) is 2.05. The number of hydrogen-bond acceptors (Lipinski definition) is 1. The monoisotopic (exact) mass is 279 g/mol. The smallest absolute Gasteiger partial charge is 0.0207 e. The third kappa shape index (κ3) is 2.49. The summed E-state index contributed by atoms with van der Waals surface area (Å²) in [6.07, 6.45) is 6.81. The molecule has 0 amide bonds. The first-order valence-electron chi connectivity index (χ1n) is 6.24. The van der Waals surface area contributed by atoms with Crippen molar-refractivity contribution in [3.8, 4) is 0 Å². The molecule has 0 spiro atoms. The fraction of sp³-hybridized carbons (Fsp3) is 0.571. The van der Waals surface area contributed by atoms with Crippen LogP contribution in [-0.2, 0) is 6.42 Å². The molecule has 0 unspecified atom stereocenters. The second kappa shape index (κ2) is 4.15. The summed E-state index contributed by atoms with van der Waals surface area (Å²) in [7, 11) is 0. The van der Waals surface area contributed by atoms with Crippen LogP contribution in [0.5, 0.6) is 0 Å². The predicted octanol–water partition coefficient (Wildman–Crippen LogP) is 3.52. The lowest BCUT2D eigenvalue weighted by Crippen LogP contribution is -2.27. The highest BCUT2D eigenvalue weighted by Crippen LogP contribution is 2.49. The fourth-order valence-electron chi connectivity index (χ4n) is 2.29. The summed E-state index contributed by atoms with van der Waals surface area (Å²) in [5, 5.41) is 3.68. The number of hydrogen-bond donors (Lipinski definition) is 1. The Morgan fingerprint density at radius 3 is 2.62 bits per heavy atom. The molecule has 1 aromatic rings. The van der Waals surface area contributed by atoms with E-state index in [-0.39, 0.29) is 0 Å². The second-order valence-electron chi connectivity index (χ2n) is 5.42. The minimum Gasteiger partial charge on any atom is -0.313 e. The molecular formula is C14H18BrN. The van der Waals surface area contributed by atoms with Crippen LogP contribution >= 0.6 is 15.9 Å². The van der Waals surface area contributed by atoms with Gasteiger partial charge in [-0.25, -0.2) is 0 Å². The van der Waals surface area contributed by atoms with Crippen molar-refractivity contribution in [2.75, 3.05) is 6.54 Å². The Bertz CT molecular complexity index is 380. The van der Waals surface area contributed by atoms with Crippen molar-refractivity contribution in [1.82, 2.24) is 5.32 Å². The Morgan fingerprint density at radius 2 is 2.00 bits per heavy atom. The standard InChI is InChI=1S/C14H18BrN/c15-13-4-2-1-3-11(13)9-14(7-8-14)10-16-12-5-6-12/h1-4,12,16H,5-10H2. The van der Waals surface area contributed by atoms with Crippen LogP contribution in [0.2, 0.25) is 0 Å². The van der Waals surface area contributed by atoms with Crippen LogP contribution in [0.15, 0.2) is 28.7 Å². The molecule has 0 saturated heterocycles. The largest absolute Gasteiger partial charge is 0.313 e. The molecule has 0 heterocycles. The third-order valence-corrected chi connectivity index (χ3v) is 4.60. The Kier molecular flexibility index (Phi) is 2.80. The van der Waals surface area contributed by atoms with Gasteiger partial charge in [-0.15, -0.1) is 0 Å². The van der Waals surface area contributed by atoms with E-state index in [0.29, 0.717) is 5.41 Å². The van der Waals surface area contributed by atoms with E-state index in [2.05, 4.69) is 45.5 Å². The van der Waals surface area contributed by atoms with Crippen LogP contribution in [0.1, 0.15) is 31.2 Å². The zero-order valence-electron chi connectivity index (χ0n) is 9.51. The van der Waals surface area contributed by atoms with Crippen molar-refractivity contribution in [3.63, 3.8) is 0 Å². The van der Waals surface area contributed by atoms with Gasteiger partial charge in [0.15, 0.2) is 0 Å². The van der Waals surface area contributed by atoms with E-state index < -0.39 is 0 Å². The summed E-state index contributed by atoms with van der Waals surface area (Å²) in [4.78, 5) is 0. The molecule has 0 aliphatic heterocycles. The van der Waals surface area contributed by atoms with Crippen molar-refractivity contribution in [1.29, 1.82) is 0 Å². The van der Waals surface area contributed by atoms with Gasteiger partial charge in [0.2, 0.25) is 0 Å². The van der Waals surface area contributed by atoms with Crippen LogP contribution in [0.3, 0.4) is 0 Å². The first kappa shape index (κ1) is 10.8. The highest BCUT2D eigenvalue weighted by molar-refractivity contribution is 9.10. The minimum atomic E-state index is 0.576. The molecule has 0 aromatic heterocycles. The van der Waals surface area contributed by atoms with Gasteiger partial charge in [-0.2, -0.15) is 0 Å². The predicted molar refractivity (Wildman–Crippen MR) is 70.5 cm³/mol. The summed E-state index contributed by atoms with van der Waals surface area (Å²) < 4.78 is 1.27. The van der Waals surface area contributed by atoms with E-state index in [4.69, 9.17) is 0 Å². The Labute approximate surface area is 106 Å². The molecule has 2 aliphatic rings. The topological polar surface area (TPSA) is 12.0 Å². The molecule has 1 nitrogen and oxygen atoms in total. The summed E-state index contributed by atoms with van der Waals surface area (Å²) in [5.74, 6) is 0. The molecular weight excluding hydrogens is 262 g/mol. The summed E-state index contributed by atoms with van der Waals surface area (Å²) >= 11 is 3.65. The maximum atomic E-state index is 3.68. The van der Waals surface area contributed by atoms with Crippen LogP contribution in [0, 0.1) is 5.41 Å². The van der Waals surface area contributed by atoms with Crippen molar-refractivity contribution >= 4 is 15.9 Å². The molecule has 3 rings (SSSR count). The van der Waals surface area contributed by atoms with Gasteiger partial charge in [0, 0.05) is 17.1 Å². The highest BCUT2D eigenvalue weighted by Gasteiger charge is 2.43. The zero-order valence-corrected chi connectivity index (χ0v) is 11.1. The molecule has 0 bridgehead atoms. The Morgan fingerprint density at radius 1 is 1.25 bits per heavy atom. The average Bonchev–Trinajstić information content (AvgIpc) is 3.13. The van der Waals surface area contributed by atoms with Gasteiger partial charge in [0.1, 0.15) is 0 Å². The maximum absolute atomic E-state index is 3.68. The van der Waals surface area contributed by atoms with Crippen LogP contribution in [0.4, 0.5) is 0 Å². The van der Waals surface area contributed by atoms with Gasteiger partial charge in [-0.1, -0.05) is 34.1 Å². The number of halogens is 1. The van der Waals surface area contributed by atoms with E-state index >= 15 is 0 Å². The van der Waals surface area contributed by atoms with Gasteiger partial charge in [0.05, 0.1) is 0 Å². The van der Waals surface area contributed by atoms with E-state index in [1.165, 1.54) is 48.7 Å². The molecule has 16 heavy (non-hydrogen) atoms. The molecule has 2 saturated carbocycles. The Balaban J connectivity index is 1.62. The van der Waals surface area contributed by atoms with Gasteiger partial charge in [-0.05, 0) is 49.1 Å². The summed E-state index contributed by atoms with van der Waals surface area (Å²) in [6, 6.07) is 9.48. The SMILES string of the molecule is Brc1ccccc1CC1(CNC2CC2)CC1. The quantitative estimate of drug-likeness (QED) is 0.870. The first-order valence-corrected chi connectivity index (χ1v) is 7.04. The molecule has 1 N–H and O–H groups in total. The van der Waals surface area contributed by atoms with Crippen molar-refractivity contribution in [2.45, 2.75) is 38.1 Å². The molecule has 86 valence electrons. The Hall–Kier alpha value is -0.340. The van der Waals surface area contributed by atoms with Crippen LogP contribution in [0.25, 0.3) is 0 Å². The van der Waals surface area contributed by atoms with Crippen molar-refractivity contribution in [3.05, 3.63) is 34.3 Å². The number of benzene rings is 1. The van der Waals surface area contributed by atoms with Gasteiger partial charge in [0.25, 0.3) is 0 Å². The molecule has 2 heteroatoms. The van der Waals surface area contributed by atoms with Gasteiger partial charge >= 0.3 is 0 Å². The average molecular weight is 280 g/mol. The van der Waals surface area contributed by atoms with E-state index in [0.717, 1.165) is 6.04 Å². The van der Waals surface area contributed by atoms with Crippen LogP contribution in [-0.4, -0.2) is 12.6 Å². The lowest BCUT2D eigenvalue weighted by molar-refractivity contribution is 0.453. The van der Waals surface area contributed by atoms with Crippen LogP contribution < -0.4 is 5.32 Å². The molecule has 1 aromatic carbocycles. The van der Waals surface area contributed by atoms with E-state index in [1.807, 2.05) is 0 Å². The van der Waals surface area contributed by atoms with Crippen molar-refractivity contribution in [2.24, 2.45) is 5.41 Å². The molecule has 0 atom stereocenters. The van der Waals surface area contributed by atoms with Gasteiger partial charge < -0.3 is 5.32 Å². The minimum absolute atomic E-state index is 0.576. The third-order valence-electron chi connectivity index (χ3n) is 3.82. The fourth-order valence-corrected chi connectivity index (χ4v) is 2.71. The lowest BCUT2D eigenvalue weighted by Gasteiger charge is -2.16. The molecule has 0 radical (unpaired) electrons. The summed E-state index contributed by atoms with van der Waals surface area (Å²) in [6.45, 7) is 1.22. The second-order valence-corrected chi connectivity index (χ2v) is 6.28. The zero-order chi connectivity index (χ0) is 11.0. The maximum Gasteiger partial charge on any atom is 0.0207 e. The first-order chi connectivity index (χ1) is 7.77. The normalized spacial score (nSPS) is 22.1. The van der Waals surface area contributed by atoms with E-state index in [1.54, 1.807) is 0 Å². The number of nitrogens with one attached hydrogen (secondary N) is 1.